The largest absolute Gasteiger partial charge is 0.310 e. The molecular formula is C15H22N4. The lowest BCUT2D eigenvalue weighted by Gasteiger charge is -2.26. The van der Waals surface area contributed by atoms with Gasteiger partial charge >= 0.3 is 0 Å². The smallest absolute Gasteiger partial charge is 0.160 e. The van der Waals surface area contributed by atoms with E-state index >= 15 is 0 Å². The van der Waals surface area contributed by atoms with Crippen molar-refractivity contribution in [3.05, 3.63) is 30.2 Å². The Morgan fingerprint density at radius 1 is 1.21 bits per heavy atom. The molecule has 3 rings (SSSR count). The van der Waals surface area contributed by atoms with E-state index in [1.165, 1.54) is 25.7 Å². The molecule has 102 valence electrons. The molecule has 0 aliphatic heterocycles. The summed E-state index contributed by atoms with van der Waals surface area (Å²) in [5, 5.41) is 11.9. The summed E-state index contributed by atoms with van der Waals surface area (Å²) in [6, 6.07) is 5.99. The van der Waals surface area contributed by atoms with Gasteiger partial charge in [0.2, 0.25) is 0 Å². The topological polar surface area (TPSA) is 42.2 Å². The third-order valence-corrected chi connectivity index (χ3v) is 4.24. The minimum atomic E-state index is 0.803. The average Bonchev–Trinajstić information content (AvgIpc) is 2.85. The molecule has 1 aliphatic rings. The first-order valence-corrected chi connectivity index (χ1v) is 7.32. The van der Waals surface area contributed by atoms with Crippen molar-refractivity contribution in [1.82, 2.24) is 19.9 Å². The van der Waals surface area contributed by atoms with Gasteiger partial charge in [0.15, 0.2) is 11.5 Å². The molecule has 1 aliphatic carbocycles. The molecule has 2 heterocycles. The second-order valence-corrected chi connectivity index (χ2v) is 5.80. The summed E-state index contributed by atoms with van der Waals surface area (Å²) < 4.78 is 2.05. The molecule has 0 aromatic carbocycles. The second kappa shape index (κ2) is 5.70. The number of nitrogens with zero attached hydrogens (tertiary/aromatic N) is 3. The number of hydrogen-bond donors (Lipinski definition) is 1. The maximum absolute atomic E-state index is 4.24. The quantitative estimate of drug-likeness (QED) is 0.916. The van der Waals surface area contributed by atoms with Crippen LogP contribution in [0.5, 0.6) is 0 Å². The summed E-state index contributed by atoms with van der Waals surface area (Å²) in [4.78, 5) is 0. The zero-order chi connectivity index (χ0) is 13.1. The fourth-order valence-electron chi connectivity index (χ4n) is 2.93. The Bertz CT molecular complexity index is 526. The summed E-state index contributed by atoms with van der Waals surface area (Å²) >= 11 is 0. The molecule has 1 N–H and O–H groups in total. The second-order valence-electron chi connectivity index (χ2n) is 5.80. The van der Waals surface area contributed by atoms with Gasteiger partial charge in [-0.2, -0.15) is 0 Å². The summed E-state index contributed by atoms with van der Waals surface area (Å²) in [7, 11) is 0. The van der Waals surface area contributed by atoms with Crippen LogP contribution in [0.2, 0.25) is 0 Å². The number of aromatic nitrogens is 3. The Morgan fingerprint density at radius 3 is 2.89 bits per heavy atom. The molecule has 0 amide bonds. The molecule has 4 nitrogen and oxygen atoms in total. The van der Waals surface area contributed by atoms with Gasteiger partial charge in [0.25, 0.3) is 0 Å². The fourth-order valence-corrected chi connectivity index (χ4v) is 2.93. The van der Waals surface area contributed by atoms with Gasteiger partial charge in [-0.3, -0.25) is 4.40 Å². The van der Waals surface area contributed by atoms with E-state index in [1.807, 2.05) is 24.4 Å². The molecule has 0 atom stereocenters. The molecule has 0 radical (unpaired) electrons. The Morgan fingerprint density at radius 2 is 2.05 bits per heavy atom. The molecule has 19 heavy (non-hydrogen) atoms. The van der Waals surface area contributed by atoms with Crippen molar-refractivity contribution < 1.29 is 0 Å². The molecule has 1 saturated carbocycles. The Balaban J connectivity index is 1.52. The van der Waals surface area contributed by atoms with Crippen LogP contribution in [-0.2, 0) is 6.54 Å². The predicted octanol–water partition coefficient (Wildman–Crippen LogP) is 2.65. The third kappa shape index (κ3) is 2.95. The van der Waals surface area contributed by atoms with Crippen molar-refractivity contribution in [2.45, 2.75) is 39.2 Å². The lowest BCUT2D eigenvalue weighted by atomic mass is 9.83. The third-order valence-electron chi connectivity index (χ3n) is 4.24. The molecule has 0 spiro atoms. The number of hydrogen-bond acceptors (Lipinski definition) is 3. The van der Waals surface area contributed by atoms with Crippen LogP contribution < -0.4 is 5.32 Å². The molecule has 2 aromatic rings. The fraction of sp³-hybridized carbons (Fsp3) is 0.600. The summed E-state index contributed by atoms with van der Waals surface area (Å²) in [6.07, 6.45) is 7.54. The van der Waals surface area contributed by atoms with Crippen LogP contribution in [0, 0.1) is 11.8 Å². The van der Waals surface area contributed by atoms with E-state index in [-0.39, 0.29) is 0 Å². The standard InChI is InChI=1S/C15H22N4/c1-12-5-7-13(8-6-12)10-16-11-15-18-17-14-4-2-3-9-19(14)15/h2-4,9,12-13,16H,5-8,10-11H2,1H3. The lowest BCUT2D eigenvalue weighted by Crippen LogP contribution is -2.26. The molecule has 1 fully saturated rings. The zero-order valence-corrected chi connectivity index (χ0v) is 11.5. The SMILES string of the molecule is CC1CCC(CNCc2nnc3ccccn23)CC1. The molecule has 0 unspecified atom stereocenters. The molecule has 0 bridgehead atoms. The number of rotatable bonds is 4. The van der Waals surface area contributed by atoms with E-state index in [1.54, 1.807) is 0 Å². The maximum atomic E-state index is 4.24. The van der Waals surface area contributed by atoms with Crippen molar-refractivity contribution in [3.63, 3.8) is 0 Å². The van der Waals surface area contributed by atoms with E-state index in [0.29, 0.717) is 0 Å². The number of fused-ring (bicyclic) bond motifs is 1. The van der Waals surface area contributed by atoms with Gasteiger partial charge in [-0.05, 0) is 43.4 Å². The zero-order valence-electron chi connectivity index (χ0n) is 11.5. The minimum Gasteiger partial charge on any atom is -0.310 e. The highest BCUT2D eigenvalue weighted by Crippen LogP contribution is 2.27. The van der Waals surface area contributed by atoms with Crippen molar-refractivity contribution in [3.8, 4) is 0 Å². The van der Waals surface area contributed by atoms with E-state index < -0.39 is 0 Å². The average molecular weight is 258 g/mol. The van der Waals surface area contributed by atoms with E-state index in [0.717, 1.165) is 36.4 Å². The maximum Gasteiger partial charge on any atom is 0.160 e. The van der Waals surface area contributed by atoms with Gasteiger partial charge in [0.05, 0.1) is 6.54 Å². The van der Waals surface area contributed by atoms with E-state index in [2.05, 4.69) is 26.8 Å². The molecule has 0 saturated heterocycles. The minimum absolute atomic E-state index is 0.803. The first-order chi connectivity index (χ1) is 9.33. The van der Waals surface area contributed by atoms with Crippen LogP contribution in [0.25, 0.3) is 5.65 Å². The summed E-state index contributed by atoms with van der Waals surface area (Å²) in [5.74, 6) is 2.77. The predicted molar refractivity (Wildman–Crippen MR) is 75.8 cm³/mol. The van der Waals surface area contributed by atoms with Crippen LogP contribution in [0.1, 0.15) is 38.4 Å². The van der Waals surface area contributed by atoms with Gasteiger partial charge in [0.1, 0.15) is 0 Å². The van der Waals surface area contributed by atoms with Crippen LogP contribution in [0.4, 0.5) is 0 Å². The Kier molecular flexibility index (Phi) is 3.78. The number of nitrogens with one attached hydrogen (secondary N) is 1. The van der Waals surface area contributed by atoms with Gasteiger partial charge in [-0.1, -0.05) is 25.8 Å². The normalized spacial score (nSPS) is 23.8. The monoisotopic (exact) mass is 258 g/mol. The van der Waals surface area contributed by atoms with Crippen molar-refractivity contribution >= 4 is 5.65 Å². The van der Waals surface area contributed by atoms with Crippen LogP contribution >= 0.6 is 0 Å². The highest BCUT2D eigenvalue weighted by molar-refractivity contribution is 5.36. The van der Waals surface area contributed by atoms with Gasteiger partial charge in [0, 0.05) is 6.20 Å². The highest BCUT2D eigenvalue weighted by Gasteiger charge is 2.17. The summed E-state index contributed by atoms with van der Waals surface area (Å²) in [5.41, 5.74) is 0.922. The van der Waals surface area contributed by atoms with Crippen molar-refractivity contribution in [2.24, 2.45) is 11.8 Å². The highest BCUT2D eigenvalue weighted by atomic mass is 15.3. The Hall–Kier alpha value is -1.42. The van der Waals surface area contributed by atoms with Gasteiger partial charge in [-0.15, -0.1) is 10.2 Å². The first-order valence-electron chi connectivity index (χ1n) is 7.32. The van der Waals surface area contributed by atoms with Crippen LogP contribution in [0.15, 0.2) is 24.4 Å². The Labute approximate surface area is 114 Å². The lowest BCUT2D eigenvalue weighted by molar-refractivity contribution is 0.281. The number of pyridine rings is 1. The van der Waals surface area contributed by atoms with Crippen LogP contribution in [0.3, 0.4) is 0 Å². The van der Waals surface area contributed by atoms with Crippen LogP contribution in [-0.4, -0.2) is 21.1 Å². The molecule has 4 heteroatoms. The van der Waals surface area contributed by atoms with Crippen molar-refractivity contribution in [2.75, 3.05) is 6.54 Å². The van der Waals surface area contributed by atoms with E-state index in [4.69, 9.17) is 0 Å². The first kappa shape index (κ1) is 12.6. The van der Waals surface area contributed by atoms with E-state index in [9.17, 15) is 0 Å². The van der Waals surface area contributed by atoms with Gasteiger partial charge < -0.3 is 5.32 Å². The summed E-state index contributed by atoms with van der Waals surface area (Å²) in [6.45, 7) is 4.28. The van der Waals surface area contributed by atoms with Gasteiger partial charge in [-0.25, -0.2) is 0 Å². The molecular weight excluding hydrogens is 236 g/mol. The van der Waals surface area contributed by atoms with Crippen molar-refractivity contribution in [1.29, 1.82) is 0 Å². The molecule has 2 aromatic heterocycles.